The molecule has 1 aromatic heterocycles. The Morgan fingerprint density at radius 2 is 2.11 bits per heavy atom. The number of carbonyl (C=O) groups is 1. The minimum absolute atomic E-state index is 0.112. The largest absolute Gasteiger partial charge is 0.478 e. The third-order valence-electron chi connectivity index (χ3n) is 3.60. The van der Waals surface area contributed by atoms with Crippen LogP contribution in [0.25, 0.3) is 0 Å². The zero-order valence-corrected chi connectivity index (χ0v) is 11.9. The summed E-state index contributed by atoms with van der Waals surface area (Å²) in [5, 5.41) is 9.30. The third kappa shape index (κ3) is 2.98. The maximum absolute atomic E-state index is 11.1. The van der Waals surface area contributed by atoms with Gasteiger partial charge < -0.3 is 14.9 Å². The van der Waals surface area contributed by atoms with E-state index in [0.717, 1.165) is 25.9 Å². The van der Waals surface area contributed by atoms with Gasteiger partial charge in [-0.1, -0.05) is 11.6 Å². The zero-order chi connectivity index (χ0) is 14.0. The molecule has 2 rings (SSSR count). The molecule has 1 N–H and O–H groups in total. The lowest BCUT2D eigenvalue weighted by Gasteiger charge is -2.36. The molecule has 5 nitrogen and oxygen atoms in total. The van der Waals surface area contributed by atoms with Crippen LogP contribution in [0, 0.1) is 0 Å². The molecular formula is C13H18ClN3O2. The highest BCUT2D eigenvalue weighted by molar-refractivity contribution is 6.35. The van der Waals surface area contributed by atoms with Gasteiger partial charge in [0.25, 0.3) is 0 Å². The van der Waals surface area contributed by atoms with Crippen LogP contribution in [-0.4, -0.2) is 54.2 Å². The molecule has 0 unspecified atom stereocenters. The van der Waals surface area contributed by atoms with Gasteiger partial charge in [-0.05, 0) is 33.0 Å². The number of nitrogens with zero attached hydrogens (tertiary/aromatic N) is 3. The van der Waals surface area contributed by atoms with E-state index in [-0.39, 0.29) is 10.6 Å². The van der Waals surface area contributed by atoms with Gasteiger partial charge in [0.1, 0.15) is 5.82 Å². The van der Waals surface area contributed by atoms with Crippen LogP contribution >= 0.6 is 11.6 Å². The van der Waals surface area contributed by atoms with Crippen LogP contribution in [0.15, 0.2) is 12.3 Å². The van der Waals surface area contributed by atoms with Crippen LogP contribution in [0.4, 0.5) is 5.82 Å². The third-order valence-corrected chi connectivity index (χ3v) is 3.97. The van der Waals surface area contributed by atoms with Gasteiger partial charge >= 0.3 is 5.97 Å². The predicted octanol–water partition coefficient (Wildman–Crippen LogP) is 1.96. The van der Waals surface area contributed by atoms with Gasteiger partial charge in [-0.25, -0.2) is 9.78 Å². The summed E-state index contributed by atoms with van der Waals surface area (Å²) in [6.07, 6.45) is 3.56. The maximum Gasteiger partial charge on any atom is 0.337 e. The molecule has 0 saturated carbocycles. The van der Waals surface area contributed by atoms with E-state index in [1.54, 1.807) is 0 Å². The van der Waals surface area contributed by atoms with E-state index in [1.165, 1.54) is 12.3 Å². The van der Waals surface area contributed by atoms with Gasteiger partial charge in [0.15, 0.2) is 0 Å². The van der Waals surface area contributed by atoms with Crippen LogP contribution in [0.3, 0.4) is 0 Å². The first-order valence-corrected chi connectivity index (χ1v) is 6.67. The number of aromatic carboxylic acids is 1. The molecule has 0 radical (unpaired) electrons. The molecular weight excluding hydrogens is 266 g/mol. The average molecular weight is 284 g/mol. The SMILES string of the molecule is CN(C)C1CCN(c2nccc(C(=O)O)c2Cl)CC1. The van der Waals surface area contributed by atoms with Crippen molar-refractivity contribution < 1.29 is 9.90 Å². The Hall–Kier alpha value is -1.33. The van der Waals surface area contributed by atoms with Crippen molar-refractivity contribution in [3.05, 3.63) is 22.8 Å². The molecule has 1 aromatic rings. The number of hydrogen-bond donors (Lipinski definition) is 1. The van der Waals surface area contributed by atoms with Crippen LogP contribution < -0.4 is 4.90 Å². The zero-order valence-electron chi connectivity index (χ0n) is 11.1. The molecule has 1 saturated heterocycles. The lowest BCUT2D eigenvalue weighted by molar-refractivity contribution is 0.0697. The van der Waals surface area contributed by atoms with E-state index in [2.05, 4.69) is 28.9 Å². The molecule has 0 amide bonds. The van der Waals surface area contributed by atoms with Gasteiger partial charge in [0.05, 0.1) is 10.6 Å². The Balaban J connectivity index is 2.16. The molecule has 2 heterocycles. The molecule has 0 atom stereocenters. The van der Waals surface area contributed by atoms with E-state index < -0.39 is 5.97 Å². The molecule has 104 valence electrons. The first-order valence-electron chi connectivity index (χ1n) is 6.30. The summed E-state index contributed by atoms with van der Waals surface area (Å²) in [5.41, 5.74) is 0.112. The number of hydrogen-bond acceptors (Lipinski definition) is 4. The number of anilines is 1. The molecule has 0 bridgehead atoms. The van der Waals surface area contributed by atoms with E-state index in [9.17, 15) is 4.79 Å². The molecule has 6 heteroatoms. The number of rotatable bonds is 3. The second-order valence-corrected chi connectivity index (χ2v) is 5.36. The summed E-state index contributed by atoms with van der Waals surface area (Å²) < 4.78 is 0. The number of aromatic nitrogens is 1. The van der Waals surface area contributed by atoms with Gasteiger partial charge in [0, 0.05) is 25.3 Å². The molecule has 1 aliphatic rings. The fourth-order valence-corrected chi connectivity index (χ4v) is 2.72. The van der Waals surface area contributed by atoms with Crippen molar-refractivity contribution in [1.29, 1.82) is 0 Å². The highest BCUT2D eigenvalue weighted by Gasteiger charge is 2.24. The van der Waals surface area contributed by atoms with Crippen molar-refractivity contribution in [2.75, 3.05) is 32.1 Å². The minimum Gasteiger partial charge on any atom is -0.478 e. The first-order chi connectivity index (χ1) is 9.00. The number of pyridine rings is 1. The monoisotopic (exact) mass is 283 g/mol. The molecule has 0 aliphatic carbocycles. The highest BCUT2D eigenvalue weighted by Crippen LogP contribution is 2.29. The standard InChI is InChI=1S/C13H18ClN3O2/c1-16(2)9-4-7-17(8-5-9)12-11(14)10(13(18)19)3-6-15-12/h3,6,9H,4-5,7-8H2,1-2H3,(H,18,19). The minimum atomic E-state index is -1.02. The number of carboxylic acid groups (broad SMARTS) is 1. The molecule has 1 fully saturated rings. The number of carboxylic acids is 1. The normalized spacial score (nSPS) is 16.9. The average Bonchev–Trinajstić information content (AvgIpc) is 2.38. The number of halogens is 1. The second kappa shape index (κ2) is 5.75. The van der Waals surface area contributed by atoms with Crippen molar-refractivity contribution in [2.45, 2.75) is 18.9 Å². The van der Waals surface area contributed by atoms with Crippen LogP contribution in [0.2, 0.25) is 5.02 Å². The molecule has 0 aromatic carbocycles. The fraction of sp³-hybridized carbons (Fsp3) is 0.538. The quantitative estimate of drug-likeness (QED) is 0.919. The van der Waals surface area contributed by atoms with E-state index in [0.29, 0.717) is 11.9 Å². The van der Waals surface area contributed by atoms with Crippen molar-refractivity contribution in [2.24, 2.45) is 0 Å². The summed E-state index contributed by atoms with van der Waals surface area (Å²) in [5.74, 6) is -0.435. The van der Waals surface area contributed by atoms with E-state index in [1.807, 2.05) is 0 Å². The smallest absolute Gasteiger partial charge is 0.337 e. The maximum atomic E-state index is 11.1. The summed E-state index contributed by atoms with van der Waals surface area (Å²) >= 11 is 6.14. The van der Waals surface area contributed by atoms with Gasteiger partial charge in [-0.2, -0.15) is 0 Å². The molecule has 1 aliphatic heterocycles. The fourth-order valence-electron chi connectivity index (χ4n) is 2.41. The molecule has 0 spiro atoms. The van der Waals surface area contributed by atoms with Crippen molar-refractivity contribution >= 4 is 23.4 Å². The summed E-state index contributed by atoms with van der Waals surface area (Å²) in [6, 6.07) is 2.00. The lowest BCUT2D eigenvalue weighted by Crippen LogP contribution is -2.42. The van der Waals surface area contributed by atoms with Crippen LogP contribution in [0.5, 0.6) is 0 Å². The predicted molar refractivity (Wildman–Crippen MR) is 75.1 cm³/mol. The van der Waals surface area contributed by atoms with E-state index in [4.69, 9.17) is 16.7 Å². The first kappa shape index (κ1) is 14.1. The Kier molecular flexibility index (Phi) is 4.27. The Morgan fingerprint density at radius 3 is 2.63 bits per heavy atom. The van der Waals surface area contributed by atoms with Crippen molar-refractivity contribution in [1.82, 2.24) is 9.88 Å². The topological polar surface area (TPSA) is 56.7 Å². The Labute approximate surface area is 117 Å². The van der Waals surface area contributed by atoms with Gasteiger partial charge in [-0.15, -0.1) is 0 Å². The summed E-state index contributed by atoms with van der Waals surface area (Å²) in [4.78, 5) is 19.6. The lowest BCUT2D eigenvalue weighted by atomic mass is 10.0. The summed E-state index contributed by atoms with van der Waals surface area (Å²) in [7, 11) is 4.16. The molecule has 19 heavy (non-hydrogen) atoms. The van der Waals surface area contributed by atoms with Crippen molar-refractivity contribution in [3.8, 4) is 0 Å². The van der Waals surface area contributed by atoms with Gasteiger partial charge in [0.2, 0.25) is 0 Å². The highest BCUT2D eigenvalue weighted by atomic mass is 35.5. The van der Waals surface area contributed by atoms with Crippen LogP contribution in [-0.2, 0) is 0 Å². The van der Waals surface area contributed by atoms with Gasteiger partial charge in [-0.3, -0.25) is 0 Å². The van der Waals surface area contributed by atoms with Crippen molar-refractivity contribution in [3.63, 3.8) is 0 Å². The number of piperidine rings is 1. The van der Waals surface area contributed by atoms with E-state index >= 15 is 0 Å². The Bertz CT molecular complexity index is 471. The summed E-state index contributed by atoms with van der Waals surface area (Å²) in [6.45, 7) is 1.69. The second-order valence-electron chi connectivity index (χ2n) is 4.98. The van der Waals surface area contributed by atoms with Crippen LogP contribution in [0.1, 0.15) is 23.2 Å². The Morgan fingerprint density at radius 1 is 1.47 bits per heavy atom.